The zero-order valence-corrected chi connectivity index (χ0v) is 16.6. The fraction of sp³-hybridized carbons (Fsp3) is 0.160. The SMILES string of the molecule is CCOc1ccc2c(c1)C(=O)/C(=C\c1ccc(C(F)(F)F)cc1)C(c1ccccc1)O2. The molecule has 1 aliphatic rings. The van der Waals surface area contributed by atoms with E-state index in [0.29, 0.717) is 34.8 Å². The second kappa shape index (κ2) is 8.30. The predicted octanol–water partition coefficient (Wildman–Crippen LogP) is 6.50. The lowest BCUT2D eigenvalue weighted by molar-refractivity contribution is -0.137. The first-order valence-electron chi connectivity index (χ1n) is 9.79. The van der Waals surface area contributed by atoms with Gasteiger partial charge in [-0.25, -0.2) is 0 Å². The molecule has 31 heavy (non-hydrogen) atoms. The monoisotopic (exact) mass is 424 g/mol. The zero-order valence-electron chi connectivity index (χ0n) is 16.6. The van der Waals surface area contributed by atoms with E-state index in [1.54, 1.807) is 24.3 Å². The van der Waals surface area contributed by atoms with E-state index in [4.69, 9.17) is 9.47 Å². The topological polar surface area (TPSA) is 35.5 Å². The third-order valence-electron chi connectivity index (χ3n) is 4.96. The van der Waals surface area contributed by atoms with E-state index in [-0.39, 0.29) is 5.78 Å². The Morgan fingerprint density at radius 3 is 2.35 bits per heavy atom. The highest BCUT2D eigenvalue weighted by atomic mass is 19.4. The van der Waals surface area contributed by atoms with E-state index in [2.05, 4.69) is 0 Å². The summed E-state index contributed by atoms with van der Waals surface area (Å²) >= 11 is 0. The molecule has 0 saturated carbocycles. The predicted molar refractivity (Wildman–Crippen MR) is 111 cm³/mol. The first-order valence-corrected chi connectivity index (χ1v) is 9.79. The molecule has 0 N–H and O–H groups in total. The molecule has 6 heteroatoms. The molecule has 0 spiro atoms. The quantitative estimate of drug-likeness (QED) is 0.448. The van der Waals surface area contributed by atoms with Gasteiger partial charge in [-0.3, -0.25) is 4.79 Å². The Kier molecular flexibility index (Phi) is 5.55. The average molecular weight is 424 g/mol. The molecular formula is C25H19F3O3. The van der Waals surface area contributed by atoms with Crippen LogP contribution in [0, 0.1) is 0 Å². The normalized spacial score (nSPS) is 17.2. The fourth-order valence-corrected chi connectivity index (χ4v) is 3.48. The Morgan fingerprint density at radius 1 is 1.00 bits per heavy atom. The maximum absolute atomic E-state index is 13.4. The number of ketones is 1. The van der Waals surface area contributed by atoms with Gasteiger partial charge in [-0.2, -0.15) is 13.2 Å². The van der Waals surface area contributed by atoms with Crippen LogP contribution in [0.1, 0.15) is 40.1 Å². The molecule has 1 heterocycles. The number of rotatable bonds is 4. The molecule has 3 aromatic carbocycles. The number of carbonyl (C=O) groups is 1. The van der Waals surface area contributed by atoms with Crippen molar-refractivity contribution in [3.8, 4) is 11.5 Å². The van der Waals surface area contributed by atoms with E-state index >= 15 is 0 Å². The van der Waals surface area contributed by atoms with Crippen molar-refractivity contribution >= 4 is 11.9 Å². The van der Waals surface area contributed by atoms with Crippen LogP contribution in [0.3, 0.4) is 0 Å². The molecule has 1 unspecified atom stereocenters. The van der Waals surface area contributed by atoms with E-state index in [1.165, 1.54) is 12.1 Å². The Labute approximate surface area is 177 Å². The molecule has 4 rings (SSSR count). The molecule has 0 radical (unpaired) electrons. The maximum Gasteiger partial charge on any atom is 0.416 e. The van der Waals surface area contributed by atoms with Gasteiger partial charge in [-0.15, -0.1) is 0 Å². The van der Waals surface area contributed by atoms with Crippen LogP contribution in [0.15, 0.2) is 78.4 Å². The average Bonchev–Trinajstić information content (AvgIpc) is 2.76. The van der Waals surface area contributed by atoms with Gasteiger partial charge in [0.15, 0.2) is 11.9 Å². The van der Waals surface area contributed by atoms with Crippen molar-refractivity contribution < 1.29 is 27.4 Å². The Balaban J connectivity index is 1.79. The second-order valence-corrected chi connectivity index (χ2v) is 7.05. The largest absolute Gasteiger partial charge is 0.494 e. The molecule has 1 atom stereocenters. The van der Waals surface area contributed by atoms with Gasteiger partial charge >= 0.3 is 6.18 Å². The number of hydrogen-bond donors (Lipinski definition) is 0. The van der Waals surface area contributed by atoms with Crippen LogP contribution in [0.2, 0.25) is 0 Å². The summed E-state index contributed by atoms with van der Waals surface area (Å²) < 4.78 is 50.3. The molecule has 1 aliphatic heterocycles. The maximum atomic E-state index is 13.4. The molecule has 0 bridgehead atoms. The minimum atomic E-state index is -4.42. The Bertz CT molecular complexity index is 1120. The van der Waals surface area contributed by atoms with Crippen LogP contribution in [0.4, 0.5) is 13.2 Å². The molecule has 0 aromatic heterocycles. The highest BCUT2D eigenvalue weighted by Crippen LogP contribution is 2.41. The minimum absolute atomic E-state index is 0.253. The zero-order chi connectivity index (χ0) is 22.0. The summed E-state index contributed by atoms with van der Waals surface area (Å²) in [7, 11) is 0. The second-order valence-electron chi connectivity index (χ2n) is 7.05. The van der Waals surface area contributed by atoms with Gasteiger partial charge < -0.3 is 9.47 Å². The lowest BCUT2D eigenvalue weighted by Gasteiger charge is -2.28. The number of hydrogen-bond acceptors (Lipinski definition) is 3. The smallest absolute Gasteiger partial charge is 0.416 e. The van der Waals surface area contributed by atoms with E-state index in [9.17, 15) is 18.0 Å². The van der Waals surface area contributed by atoms with Crippen LogP contribution < -0.4 is 9.47 Å². The first-order chi connectivity index (χ1) is 14.9. The van der Waals surface area contributed by atoms with Crippen molar-refractivity contribution in [2.45, 2.75) is 19.2 Å². The van der Waals surface area contributed by atoms with E-state index < -0.39 is 17.8 Å². The van der Waals surface area contributed by atoms with Crippen LogP contribution in [-0.4, -0.2) is 12.4 Å². The van der Waals surface area contributed by atoms with Crippen molar-refractivity contribution in [3.63, 3.8) is 0 Å². The van der Waals surface area contributed by atoms with Gasteiger partial charge in [0.05, 0.1) is 17.7 Å². The first kappa shape index (κ1) is 20.7. The van der Waals surface area contributed by atoms with Gasteiger partial charge in [-0.05, 0) is 54.5 Å². The summed E-state index contributed by atoms with van der Waals surface area (Å²) in [6.07, 6.45) is -3.52. The third-order valence-corrected chi connectivity index (χ3v) is 4.96. The lowest BCUT2D eigenvalue weighted by atomic mass is 9.89. The standard InChI is InChI=1S/C25H19F3O3/c1-2-30-19-12-13-22-20(15-19)23(29)21(24(31-22)17-6-4-3-5-7-17)14-16-8-10-18(11-9-16)25(26,27)28/h3-15,24H,2H2,1H3/b21-14+. The number of carbonyl (C=O) groups excluding carboxylic acids is 1. The molecule has 0 amide bonds. The number of benzene rings is 3. The van der Waals surface area contributed by atoms with Gasteiger partial charge in [0.1, 0.15) is 11.5 Å². The van der Waals surface area contributed by atoms with E-state index in [1.807, 2.05) is 37.3 Å². The van der Waals surface area contributed by atoms with Gasteiger partial charge in [0.2, 0.25) is 0 Å². The van der Waals surface area contributed by atoms with Crippen LogP contribution in [0.5, 0.6) is 11.5 Å². The van der Waals surface area contributed by atoms with Gasteiger partial charge in [-0.1, -0.05) is 42.5 Å². The van der Waals surface area contributed by atoms with E-state index in [0.717, 1.165) is 17.7 Å². The molecule has 0 aliphatic carbocycles. The summed E-state index contributed by atoms with van der Waals surface area (Å²) in [5, 5.41) is 0. The number of fused-ring (bicyclic) bond motifs is 1. The summed E-state index contributed by atoms with van der Waals surface area (Å²) in [6, 6.07) is 19.0. The Morgan fingerprint density at radius 2 is 1.71 bits per heavy atom. The van der Waals surface area contributed by atoms with Crippen molar-refractivity contribution in [2.75, 3.05) is 6.61 Å². The summed E-state index contributed by atoms with van der Waals surface area (Å²) in [5.74, 6) is 0.730. The van der Waals surface area contributed by atoms with Crippen molar-refractivity contribution in [2.24, 2.45) is 0 Å². The number of Topliss-reactive ketones (excluding diaryl/α,β-unsaturated/α-hetero) is 1. The third kappa shape index (κ3) is 4.33. The highest BCUT2D eigenvalue weighted by molar-refractivity contribution is 6.14. The number of halogens is 3. The minimum Gasteiger partial charge on any atom is -0.494 e. The molecule has 158 valence electrons. The van der Waals surface area contributed by atoms with Crippen molar-refractivity contribution in [1.82, 2.24) is 0 Å². The van der Waals surface area contributed by atoms with Crippen LogP contribution in [-0.2, 0) is 6.18 Å². The van der Waals surface area contributed by atoms with Crippen LogP contribution >= 0.6 is 0 Å². The molecule has 3 aromatic rings. The van der Waals surface area contributed by atoms with Crippen molar-refractivity contribution in [3.05, 3.63) is 101 Å². The Hall–Kier alpha value is -3.54. The molecule has 0 fully saturated rings. The summed E-state index contributed by atoms with van der Waals surface area (Å²) in [6.45, 7) is 2.30. The lowest BCUT2D eigenvalue weighted by Crippen LogP contribution is -2.24. The highest BCUT2D eigenvalue weighted by Gasteiger charge is 2.34. The molecule has 0 saturated heterocycles. The number of ether oxygens (including phenoxy) is 2. The van der Waals surface area contributed by atoms with Gasteiger partial charge in [0.25, 0.3) is 0 Å². The summed E-state index contributed by atoms with van der Waals surface area (Å²) in [4.78, 5) is 13.4. The summed E-state index contributed by atoms with van der Waals surface area (Å²) in [5.41, 5.74) is 1.20. The number of alkyl halides is 3. The molecular weight excluding hydrogens is 405 g/mol. The van der Waals surface area contributed by atoms with Crippen LogP contribution in [0.25, 0.3) is 6.08 Å². The van der Waals surface area contributed by atoms with Gasteiger partial charge in [0, 0.05) is 5.57 Å². The molecule has 3 nitrogen and oxygen atoms in total. The fourth-order valence-electron chi connectivity index (χ4n) is 3.48. The van der Waals surface area contributed by atoms with Crippen molar-refractivity contribution in [1.29, 1.82) is 0 Å².